The minimum atomic E-state index is -5.03. The Morgan fingerprint density at radius 1 is 0.930 bits per heavy atom. The summed E-state index contributed by atoms with van der Waals surface area (Å²) in [5.74, 6) is -0.522. The van der Waals surface area contributed by atoms with Crippen LogP contribution in [0.4, 0.5) is 40.3 Å². The van der Waals surface area contributed by atoms with Crippen molar-refractivity contribution in [1.82, 2.24) is 15.1 Å². The van der Waals surface area contributed by atoms with E-state index in [4.69, 9.17) is 4.74 Å². The molecule has 1 fully saturated rings. The van der Waals surface area contributed by atoms with Crippen LogP contribution in [0.3, 0.4) is 0 Å². The molecule has 13 heteroatoms. The summed E-state index contributed by atoms with van der Waals surface area (Å²) < 4.78 is 99.2. The second-order valence-electron chi connectivity index (χ2n) is 10.2. The fraction of sp³-hybridized carbons (Fsp3) is 0.333. The lowest BCUT2D eigenvalue weighted by Crippen LogP contribution is -2.54. The number of amides is 3. The van der Waals surface area contributed by atoms with Crippen LogP contribution >= 0.6 is 0 Å². The number of alkyl halides is 6. The summed E-state index contributed by atoms with van der Waals surface area (Å²) in [6, 6.07) is 12.4. The number of halogens is 7. The average Bonchev–Trinajstić information content (AvgIpc) is 2.95. The summed E-state index contributed by atoms with van der Waals surface area (Å²) in [5, 5.41) is 2.40. The second kappa shape index (κ2) is 12.5. The van der Waals surface area contributed by atoms with Gasteiger partial charge in [-0.3, -0.25) is 0 Å². The monoisotopic (exact) mass is 611 g/mol. The zero-order chi connectivity index (χ0) is 31.5. The maximum atomic E-state index is 13.9. The van der Waals surface area contributed by atoms with Crippen LogP contribution in [0.5, 0.6) is 0 Å². The zero-order valence-electron chi connectivity index (χ0n) is 23.1. The number of nitrogens with zero attached hydrogens (tertiary/aromatic N) is 2. The summed E-state index contributed by atoms with van der Waals surface area (Å²) >= 11 is 0. The molecule has 1 heterocycles. The Kier molecular flexibility index (Phi) is 9.21. The number of hydrogen-bond acceptors (Lipinski definition) is 3. The second-order valence-corrected chi connectivity index (χ2v) is 10.2. The van der Waals surface area contributed by atoms with Crippen molar-refractivity contribution < 1.29 is 45.1 Å². The van der Waals surface area contributed by atoms with Crippen LogP contribution in [0.15, 0.2) is 66.7 Å². The van der Waals surface area contributed by atoms with E-state index in [1.807, 2.05) is 6.07 Å². The molecule has 0 bridgehead atoms. The molecule has 6 nitrogen and oxygen atoms in total. The molecule has 43 heavy (non-hydrogen) atoms. The van der Waals surface area contributed by atoms with Gasteiger partial charge in [0.1, 0.15) is 11.9 Å². The van der Waals surface area contributed by atoms with Crippen molar-refractivity contribution in [3.8, 4) is 0 Å². The van der Waals surface area contributed by atoms with E-state index < -0.39 is 65.7 Å². The third-order valence-electron chi connectivity index (χ3n) is 7.13. The molecule has 4 rings (SSSR count). The first-order valence-electron chi connectivity index (χ1n) is 13.2. The molecule has 1 N–H and O–H groups in total. The van der Waals surface area contributed by atoms with Crippen molar-refractivity contribution in [3.63, 3.8) is 0 Å². The minimum Gasteiger partial charge on any atom is -0.442 e. The van der Waals surface area contributed by atoms with E-state index in [9.17, 15) is 40.3 Å². The first-order chi connectivity index (χ1) is 20.1. The molecule has 3 aromatic rings. The molecule has 1 aliphatic heterocycles. The number of urea groups is 1. The topological polar surface area (TPSA) is 61.9 Å². The third kappa shape index (κ3) is 7.76. The quantitative estimate of drug-likeness (QED) is 0.302. The fourth-order valence-electron chi connectivity index (χ4n) is 4.89. The summed E-state index contributed by atoms with van der Waals surface area (Å²) in [6.45, 7) is 2.63. The number of piperazine rings is 1. The largest absolute Gasteiger partial charge is 0.442 e. The number of benzene rings is 3. The van der Waals surface area contributed by atoms with E-state index in [0.29, 0.717) is 23.3 Å². The lowest BCUT2D eigenvalue weighted by atomic mass is 9.97. The molecule has 0 spiro atoms. The zero-order valence-corrected chi connectivity index (χ0v) is 23.1. The molecule has 3 aromatic carbocycles. The summed E-state index contributed by atoms with van der Waals surface area (Å²) in [7, 11) is 0. The van der Waals surface area contributed by atoms with Gasteiger partial charge in [0.15, 0.2) is 0 Å². The number of ether oxygens (including phenoxy) is 1. The summed E-state index contributed by atoms with van der Waals surface area (Å²) in [4.78, 5) is 29.0. The van der Waals surface area contributed by atoms with Gasteiger partial charge < -0.3 is 19.9 Å². The Morgan fingerprint density at radius 3 is 2.14 bits per heavy atom. The van der Waals surface area contributed by atoms with Crippen molar-refractivity contribution in [2.75, 3.05) is 19.6 Å². The Bertz CT molecular complexity index is 1430. The van der Waals surface area contributed by atoms with E-state index in [0.717, 1.165) is 5.56 Å². The normalized spacial score (nSPS) is 16.5. The van der Waals surface area contributed by atoms with E-state index in [1.54, 1.807) is 38.1 Å². The third-order valence-corrected chi connectivity index (χ3v) is 7.13. The fourth-order valence-corrected chi connectivity index (χ4v) is 4.89. The first-order valence-corrected chi connectivity index (χ1v) is 13.2. The Balaban J connectivity index is 1.54. The highest BCUT2D eigenvalue weighted by Crippen LogP contribution is 2.36. The van der Waals surface area contributed by atoms with Crippen LogP contribution in [0.1, 0.15) is 52.5 Å². The van der Waals surface area contributed by atoms with Crippen molar-refractivity contribution in [3.05, 3.63) is 106 Å². The summed E-state index contributed by atoms with van der Waals surface area (Å²) in [5.41, 5.74) is -1.65. The van der Waals surface area contributed by atoms with Gasteiger partial charge in [-0.15, -0.1) is 0 Å². The predicted molar refractivity (Wildman–Crippen MR) is 142 cm³/mol. The lowest BCUT2D eigenvalue weighted by Gasteiger charge is -2.41. The first kappa shape index (κ1) is 31.6. The molecular formula is C30H28F7N3O3. The highest BCUT2D eigenvalue weighted by molar-refractivity contribution is 5.76. The Morgan fingerprint density at radius 2 is 1.56 bits per heavy atom. The number of aryl methyl sites for hydroxylation is 1. The van der Waals surface area contributed by atoms with Crippen molar-refractivity contribution >= 4 is 12.1 Å². The Hall–Kier alpha value is -4.29. The summed E-state index contributed by atoms with van der Waals surface area (Å²) in [6.07, 6.45) is -11.3. The number of carbonyl (C=O) groups excluding carboxylic acids is 2. The number of rotatable bonds is 5. The predicted octanol–water partition coefficient (Wildman–Crippen LogP) is 7.64. The molecular weight excluding hydrogens is 583 g/mol. The van der Waals surface area contributed by atoms with E-state index in [-0.39, 0.29) is 25.7 Å². The smallest absolute Gasteiger partial charge is 0.416 e. The van der Waals surface area contributed by atoms with Gasteiger partial charge in [0.2, 0.25) is 0 Å². The van der Waals surface area contributed by atoms with Crippen molar-refractivity contribution in [1.29, 1.82) is 0 Å². The molecule has 0 radical (unpaired) electrons. The maximum absolute atomic E-state index is 13.9. The molecule has 1 aliphatic rings. The van der Waals surface area contributed by atoms with E-state index in [1.165, 1.54) is 28.0 Å². The molecule has 230 valence electrons. The minimum absolute atomic E-state index is 0.00954. The van der Waals surface area contributed by atoms with Gasteiger partial charge >= 0.3 is 24.5 Å². The SMILES string of the molecule is Cc1cc(F)ccc1[C@@H]1CN(C(=O)O[C@@H](C)c2ccccc2)CCN1C(=O)NCc1cc(C(F)(F)F)cc(C(F)(F)F)c1. The van der Waals surface area contributed by atoms with Gasteiger partial charge in [-0.25, -0.2) is 14.0 Å². The van der Waals surface area contributed by atoms with Crippen molar-refractivity contribution in [2.24, 2.45) is 0 Å². The molecule has 0 saturated carbocycles. The molecule has 0 aliphatic carbocycles. The van der Waals surface area contributed by atoms with Crippen LogP contribution in [0.2, 0.25) is 0 Å². The van der Waals surface area contributed by atoms with E-state index >= 15 is 0 Å². The van der Waals surface area contributed by atoms with Gasteiger partial charge in [0, 0.05) is 26.2 Å². The van der Waals surface area contributed by atoms with Gasteiger partial charge in [-0.2, -0.15) is 26.3 Å². The van der Waals surface area contributed by atoms with Crippen LogP contribution < -0.4 is 5.32 Å². The standard InChI is InChI=1S/C30H28F7N3O3/c1-18-12-24(31)8-9-25(18)26-17-39(28(42)43-19(2)21-6-4-3-5-7-21)10-11-40(26)27(41)38-16-20-13-22(29(32,33)34)15-23(14-20)30(35,36)37/h3-9,12-15,19,26H,10-11,16-17H2,1-2H3,(H,38,41)/t19-,26-/m0/s1. The van der Waals surface area contributed by atoms with Gasteiger partial charge in [0.25, 0.3) is 0 Å². The van der Waals surface area contributed by atoms with E-state index in [2.05, 4.69) is 5.32 Å². The maximum Gasteiger partial charge on any atom is 0.416 e. The number of nitrogens with one attached hydrogen (secondary N) is 1. The molecule has 0 aromatic heterocycles. The molecule has 2 atom stereocenters. The van der Waals surface area contributed by atoms with Gasteiger partial charge in [-0.1, -0.05) is 36.4 Å². The van der Waals surface area contributed by atoms with Crippen LogP contribution in [-0.4, -0.2) is 41.6 Å². The average molecular weight is 612 g/mol. The lowest BCUT2D eigenvalue weighted by molar-refractivity contribution is -0.143. The van der Waals surface area contributed by atoms with Crippen molar-refractivity contribution in [2.45, 2.75) is 44.9 Å². The van der Waals surface area contributed by atoms with Crippen LogP contribution in [-0.2, 0) is 23.6 Å². The Labute approximate surface area is 243 Å². The number of carbonyl (C=O) groups is 2. The van der Waals surface area contributed by atoms with Crippen LogP contribution in [0.25, 0.3) is 0 Å². The highest BCUT2D eigenvalue weighted by Gasteiger charge is 2.38. The number of hydrogen-bond donors (Lipinski definition) is 1. The van der Waals surface area contributed by atoms with Gasteiger partial charge in [0.05, 0.1) is 17.2 Å². The molecule has 3 amide bonds. The molecule has 1 saturated heterocycles. The molecule has 0 unspecified atom stereocenters. The van der Waals surface area contributed by atoms with Crippen LogP contribution in [0, 0.1) is 12.7 Å². The highest BCUT2D eigenvalue weighted by atomic mass is 19.4. The van der Waals surface area contributed by atoms with Gasteiger partial charge in [-0.05, 0) is 66.4 Å².